The number of nitrogens with two attached hydrogens (primary N) is 1. The van der Waals surface area contributed by atoms with Gasteiger partial charge in [-0.25, -0.2) is 0 Å². The highest BCUT2D eigenvalue weighted by atomic mass is 35.5. The highest BCUT2D eigenvalue weighted by Gasteiger charge is 2.09. The molecule has 2 nitrogen and oxygen atoms in total. The van der Waals surface area contributed by atoms with Crippen LogP contribution < -0.4 is 10.5 Å². The van der Waals surface area contributed by atoms with Crippen molar-refractivity contribution in [2.45, 2.75) is 33.3 Å². The van der Waals surface area contributed by atoms with Gasteiger partial charge in [-0.3, -0.25) is 0 Å². The van der Waals surface area contributed by atoms with E-state index in [9.17, 15) is 0 Å². The first-order chi connectivity index (χ1) is 9.47. The number of hydrogen-bond acceptors (Lipinski definition) is 2. The molecule has 0 radical (unpaired) electrons. The Morgan fingerprint density at radius 3 is 2.55 bits per heavy atom. The van der Waals surface area contributed by atoms with E-state index >= 15 is 0 Å². The van der Waals surface area contributed by atoms with Gasteiger partial charge in [0, 0.05) is 16.3 Å². The number of rotatable bonds is 4. The van der Waals surface area contributed by atoms with Crippen LogP contribution in [0.5, 0.6) is 5.75 Å². The van der Waals surface area contributed by atoms with Gasteiger partial charge in [-0.05, 0) is 42.2 Å². The fourth-order valence-electron chi connectivity index (χ4n) is 2.08. The fraction of sp³-hybridized carbons (Fsp3) is 0.294. The number of benzene rings is 2. The molecule has 0 aliphatic carbocycles. The van der Waals surface area contributed by atoms with Crippen LogP contribution in [-0.2, 0) is 6.61 Å². The molecule has 2 rings (SSSR count). The van der Waals surface area contributed by atoms with E-state index in [0.717, 1.165) is 11.3 Å². The molecule has 0 aliphatic rings. The number of ether oxygens (including phenoxy) is 1. The maximum atomic E-state index is 6.17. The van der Waals surface area contributed by atoms with Gasteiger partial charge in [-0.2, -0.15) is 0 Å². The fourth-order valence-corrected chi connectivity index (χ4v) is 2.32. The molecule has 2 N–H and O–H groups in total. The lowest BCUT2D eigenvalue weighted by atomic mass is 10.0. The van der Waals surface area contributed by atoms with E-state index in [4.69, 9.17) is 22.1 Å². The minimum absolute atomic E-state index is 0.424. The van der Waals surface area contributed by atoms with Crippen molar-refractivity contribution in [2.24, 2.45) is 0 Å². The molecule has 3 heteroatoms. The van der Waals surface area contributed by atoms with Crippen LogP contribution in [0.15, 0.2) is 36.4 Å². The SMILES string of the molecule is Cc1ccc(C(C)C)c(OCc2ccc(N)cc2Cl)c1. The van der Waals surface area contributed by atoms with Crippen molar-refractivity contribution in [3.8, 4) is 5.75 Å². The molecule has 20 heavy (non-hydrogen) atoms. The average molecular weight is 290 g/mol. The lowest BCUT2D eigenvalue weighted by Gasteiger charge is -2.15. The van der Waals surface area contributed by atoms with Crippen molar-refractivity contribution in [3.05, 3.63) is 58.1 Å². The Hall–Kier alpha value is -1.67. The molecule has 0 fully saturated rings. The topological polar surface area (TPSA) is 35.2 Å². The number of hydrogen-bond donors (Lipinski definition) is 1. The van der Waals surface area contributed by atoms with Crippen LogP contribution in [-0.4, -0.2) is 0 Å². The molecule has 0 saturated heterocycles. The van der Waals surface area contributed by atoms with Crippen molar-refractivity contribution in [1.29, 1.82) is 0 Å². The molecular formula is C17H20ClNO. The summed E-state index contributed by atoms with van der Waals surface area (Å²) in [6.45, 7) is 6.83. The van der Waals surface area contributed by atoms with Crippen molar-refractivity contribution in [1.82, 2.24) is 0 Å². The zero-order valence-corrected chi connectivity index (χ0v) is 12.9. The first kappa shape index (κ1) is 14.7. The molecule has 106 valence electrons. The molecule has 2 aromatic rings. The zero-order valence-electron chi connectivity index (χ0n) is 12.1. The van der Waals surface area contributed by atoms with Gasteiger partial charge in [0.2, 0.25) is 0 Å². The van der Waals surface area contributed by atoms with Crippen molar-refractivity contribution in [2.75, 3.05) is 5.73 Å². The molecule has 0 heterocycles. The van der Waals surface area contributed by atoms with Crippen molar-refractivity contribution in [3.63, 3.8) is 0 Å². The van der Waals surface area contributed by atoms with Crippen LogP contribution in [0.25, 0.3) is 0 Å². The van der Waals surface area contributed by atoms with Crippen LogP contribution in [0.3, 0.4) is 0 Å². The summed E-state index contributed by atoms with van der Waals surface area (Å²) < 4.78 is 5.96. The summed E-state index contributed by atoms with van der Waals surface area (Å²) in [5.41, 5.74) is 9.70. The van der Waals surface area contributed by atoms with Gasteiger partial charge in [0.15, 0.2) is 0 Å². The van der Waals surface area contributed by atoms with E-state index < -0.39 is 0 Å². The smallest absolute Gasteiger partial charge is 0.123 e. The third kappa shape index (κ3) is 3.45. The molecule has 0 saturated carbocycles. The van der Waals surface area contributed by atoms with E-state index in [1.165, 1.54) is 11.1 Å². The van der Waals surface area contributed by atoms with Gasteiger partial charge < -0.3 is 10.5 Å². The highest BCUT2D eigenvalue weighted by Crippen LogP contribution is 2.29. The van der Waals surface area contributed by atoms with Crippen LogP contribution in [0.1, 0.15) is 36.5 Å². The molecule has 2 aromatic carbocycles. The van der Waals surface area contributed by atoms with E-state index in [1.54, 1.807) is 6.07 Å². The second-order valence-electron chi connectivity index (χ2n) is 5.34. The molecule has 0 spiro atoms. The van der Waals surface area contributed by atoms with E-state index in [0.29, 0.717) is 23.2 Å². The van der Waals surface area contributed by atoms with Gasteiger partial charge in [0.05, 0.1) is 0 Å². The summed E-state index contributed by atoms with van der Waals surface area (Å²) in [6.07, 6.45) is 0. The van der Waals surface area contributed by atoms with Crippen LogP contribution in [0, 0.1) is 6.92 Å². The summed E-state index contributed by atoms with van der Waals surface area (Å²) in [5, 5.41) is 0.642. The summed E-state index contributed by atoms with van der Waals surface area (Å²) in [7, 11) is 0. The number of halogens is 1. The van der Waals surface area contributed by atoms with Gasteiger partial charge in [0.25, 0.3) is 0 Å². The second-order valence-corrected chi connectivity index (χ2v) is 5.74. The van der Waals surface area contributed by atoms with Crippen molar-refractivity contribution >= 4 is 17.3 Å². The normalized spacial score (nSPS) is 10.8. The second kappa shape index (κ2) is 6.19. The Labute approximate surface area is 125 Å². The summed E-state index contributed by atoms with van der Waals surface area (Å²) in [4.78, 5) is 0. The van der Waals surface area contributed by atoms with Gasteiger partial charge in [-0.1, -0.05) is 43.6 Å². The number of nitrogen functional groups attached to an aromatic ring is 1. The van der Waals surface area contributed by atoms with Crippen LogP contribution in [0.4, 0.5) is 5.69 Å². The van der Waals surface area contributed by atoms with Gasteiger partial charge in [0.1, 0.15) is 12.4 Å². The molecule has 0 aromatic heterocycles. The Morgan fingerprint density at radius 2 is 1.90 bits per heavy atom. The molecule has 0 aliphatic heterocycles. The number of aryl methyl sites for hydroxylation is 1. The Kier molecular flexibility index (Phi) is 4.56. The standard InChI is InChI=1S/C17H20ClNO/c1-11(2)15-7-4-12(3)8-17(15)20-10-13-5-6-14(19)9-16(13)18/h4-9,11H,10,19H2,1-3H3. The summed E-state index contributed by atoms with van der Waals surface area (Å²) >= 11 is 6.17. The minimum atomic E-state index is 0.424. The lowest BCUT2D eigenvalue weighted by Crippen LogP contribution is -2.01. The summed E-state index contributed by atoms with van der Waals surface area (Å²) in [6, 6.07) is 11.8. The number of anilines is 1. The quantitative estimate of drug-likeness (QED) is 0.810. The van der Waals surface area contributed by atoms with Crippen LogP contribution in [0.2, 0.25) is 5.02 Å². The lowest BCUT2D eigenvalue weighted by molar-refractivity contribution is 0.301. The molecular weight excluding hydrogens is 270 g/mol. The van der Waals surface area contributed by atoms with E-state index in [1.807, 2.05) is 12.1 Å². The third-order valence-electron chi connectivity index (χ3n) is 3.25. The Balaban J connectivity index is 2.20. The average Bonchev–Trinajstić information content (AvgIpc) is 2.37. The Bertz CT molecular complexity index is 608. The highest BCUT2D eigenvalue weighted by molar-refractivity contribution is 6.31. The third-order valence-corrected chi connectivity index (χ3v) is 3.60. The maximum Gasteiger partial charge on any atom is 0.123 e. The maximum absolute atomic E-state index is 6.17. The molecule has 0 atom stereocenters. The molecule has 0 bridgehead atoms. The molecule has 0 unspecified atom stereocenters. The first-order valence-electron chi connectivity index (χ1n) is 6.74. The van der Waals surface area contributed by atoms with Gasteiger partial charge in [-0.15, -0.1) is 0 Å². The van der Waals surface area contributed by atoms with Crippen molar-refractivity contribution < 1.29 is 4.74 Å². The van der Waals surface area contributed by atoms with E-state index in [-0.39, 0.29) is 0 Å². The minimum Gasteiger partial charge on any atom is -0.489 e. The monoisotopic (exact) mass is 289 g/mol. The largest absolute Gasteiger partial charge is 0.489 e. The molecule has 0 amide bonds. The first-order valence-corrected chi connectivity index (χ1v) is 7.12. The zero-order chi connectivity index (χ0) is 14.7. The van der Waals surface area contributed by atoms with Crippen LogP contribution >= 0.6 is 11.6 Å². The Morgan fingerprint density at radius 1 is 1.15 bits per heavy atom. The predicted octanol–water partition coefficient (Wildman–Crippen LogP) is 4.93. The summed E-state index contributed by atoms with van der Waals surface area (Å²) in [5.74, 6) is 1.35. The van der Waals surface area contributed by atoms with Gasteiger partial charge >= 0.3 is 0 Å². The predicted molar refractivity (Wildman–Crippen MR) is 85.5 cm³/mol. The van der Waals surface area contributed by atoms with E-state index in [2.05, 4.69) is 39.0 Å².